The van der Waals surface area contributed by atoms with Gasteiger partial charge in [-0.25, -0.2) is 0 Å². The zero-order valence-corrected chi connectivity index (χ0v) is 10.5. The summed E-state index contributed by atoms with van der Waals surface area (Å²) in [5, 5.41) is 0. The first kappa shape index (κ1) is 11.9. The van der Waals surface area contributed by atoms with Crippen LogP contribution in [0.3, 0.4) is 0 Å². The van der Waals surface area contributed by atoms with E-state index in [0.717, 1.165) is 11.1 Å². The molecule has 0 saturated heterocycles. The van der Waals surface area contributed by atoms with E-state index in [1.54, 1.807) is 0 Å². The van der Waals surface area contributed by atoms with E-state index in [1.807, 2.05) is 67.6 Å². The molecule has 0 aromatic heterocycles. The summed E-state index contributed by atoms with van der Waals surface area (Å²) in [7, 11) is -0.0708. The maximum absolute atomic E-state index is 11.0. The zero-order valence-electron chi connectivity index (χ0n) is 9.63. The summed E-state index contributed by atoms with van der Waals surface area (Å²) in [5.41, 5.74) is 4.75. The molecule has 0 fully saturated rings. The fourth-order valence-electron chi connectivity index (χ4n) is 1.93. The zero-order chi connectivity index (χ0) is 12.1. The van der Waals surface area contributed by atoms with Gasteiger partial charge in [0.05, 0.1) is 0 Å². The quantitative estimate of drug-likeness (QED) is 0.717. The molecule has 0 spiro atoms. The third-order valence-corrected chi connectivity index (χ3v) is 3.51. The van der Waals surface area contributed by atoms with Crippen molar-refractivity contribution in [2.24, 2.45) is 0 Å². The Balaban J connectivity index is 2.62. The van der Waals surface area contributed by atoms with Crippen molar-refractivity contribution in [1.82, 2.24) is 0 Å². The molecule has 0 radical (unpaired) electrons. The fraction of sp³-hybridized carbons (Fsp3) is 0.133. The molecule has 2 heteroatoms. The first-order chi connectivity index (χ1) is 8.27. The van der Waals surface area contributed by atoms with E-state index in [4.69, 9.17) is 0 Å². The third kappa shape index (κ3) is 2.42. The third-order valence-electron chi connectivity index (χ3n) is 2.97. The number of hydrogen-bond donors (Lipinski definition) is 0. The summed E-state index contributed by atoms with van der Waals surface area (Å²) in [6, 6.07) is 20.0. The van der Waals surface area contributed by atoms with Crippen LogP contribution in [0.4, 0.5) is 0 Å². The molecular formula is C15H13OP. The van der Waals surface area contributed by atoms with Crippen LogP contribution in [0.15, 0.2) is 60.7 Å². The van der Waals surface area contributed by atoms with E-state index in [2.05, 4.69) is 5.63 Å². The summed E-state index contributed by atoms with van der Waals surface area (Å²) in [6.07, 6.45) is 0. The molecule has 0 unspecified atom stereocenters. The molecule has 17 heavy (non-hydrogen) atoms. The molecule has 0 aliphatic carbocycles. The molecule has 84 valence electrons. The summed E-state index contributed by atoms with van der Waals surface area (Å²) in [4.78, 5) is 0. The Morgan fingerprint density at radius 3 is 1.65 bits per heavy atom. The van der Waals surface area contributed by atoms with Gasteiger partial charge in [-0.2, -0.15) is 0 Å². The van der Waals surface area contributed by atoms with Gasteiger partial charge in [0.25, 0.3) is 0 Å². The second-order valence-corrected chi connectivity index (χ2v) is 4.47. The molecule has 0 aliphatic heterocycles. The van der Waals surface area contributed by atoms with Crippen molar-refractivity contribution in [3.05, 3.63) is 71.8 Å². The monoisotopic (exact) mass is 240 g/mol. The van der Waals surface area contributed by atoms with Crippen LogP contribution in [0.1, 0.15) is 18.1 Å². The summed E-state index contributed by atoms with van der Waals surface area (Å²) in [5.74, 6) is 0. The van der Waals surface area contributed by atoms with Crippen molar-refractivity contribution in [3.63, 3.8) is 0 Å². The van der Waals surface area contributed by atoms with Crippen LogP contribution < -0.4 is 0 Å². The van der Waals surface area contributed by atoms with Crippen LogP contribution in [-0.4, -0.2) is 0 Å². The van der Waals surface area contributed by atoms with Crippen molar-refractivity contribution in [1.29, 1.82) is 0 Å². The number of benzene rings is 2. The molecule has 2 rings (SSSR count). The minimum atomic E-state index is -0.439. The van der Waals surface area contributed by atoms with Gasteiger partial charge in [-0.05, 0) is 0 Å². The Labute approximate surface area is 103 Å². The summed E-state index contributed by atoms with van der Waals surface area (Å²) >= 11 is 0. The van der Waals surface area contributed by atoms with Gasteiger partial charge in [-0.15, -0.1) is 0 Å². The Bertz CT molecular complexity index is 545. The molecule has 2 aromatic rings. The van der Waals surface area contributed by atoms with Crippen molar-refractivity contribution in [2.75, 3.05) is 0 Å². The molecule has 1 nitrogen and oxygen atoms in total. The Kier molecular flexibility index (Phi) is 3.64. The molecule has 2 aromatic carbocycles. The van der Waals surface area contributed by atoms with Gasteiger partial charge in [-0.3, -0.25) is 0 Å². The molecule has 0 heterocycles. The number of rotatable bonds is 2. The van der Waals surface area contributed by atoms with E-state index in [1.165, 1.54) is 0 Å². The van der Waals surface area contributed by atoms with Crippen molar-refractivity contribution in [3.8, 4) is 5.63 Å². The predicted molar refractivity (Wildman–Crippen MR) is 70.8 cm³/mol. The Morgan fingerprint density at radius 1 is 0.882 bits per heavy atom. The SMILES string of the molecule is CC(C#P=O)(c1ccccc1)c1ccccc1. The molecule has 0 bridgehead atoms. The van der Waals surface area contributed by atoms with Crippen LogP contribution in [0.2, 0.25) is 0 Å². The van der Waals surface area contributed by atoms with Crippen LogP contribution in [0, 0.1) is 5.63 Å². The first-order valence-electron chi connectivity index (χ1n) is 5.48. The van der Waals surface area contributed by atoms with E-state index in [-0.39, 0.29) is 7.92 Å². The molecule has 0 atom stereocenters. The fourth-order valence-corrected chi connectivity index (χ4v) is 2.37. The normalized spacial score (nSPS) is 10.6. The second-order valence-electron chi connectivity index (χ2n) is 4.06. The molecule has 0 aliphatic rings. The summed E-state index contributed by atoms with van der Waals surface area (Å²) < 4.78 is 11.0. The molecule has 0 N–H and O–H groups in total. The number of hydrogen-bond acceptors (Lipinski definition) is 1. The van der Waals surface area contributed by atoms with E-state index in [9.17, 15) is 4.57 Å². The average molecular weight is 240 g/mol. The Morgan fingerprint density at radius 2 is 1.29 bits per heavy atom. The van der Waals surface area contributed by atoms with Crippen molar-refractivity contribution >= 4 is 7.92 Å². The van der Waals surface area contributed by atoms with Gasteiger partial charge in [0.1, 0.15) is 0 Å². The molecule has 0 amide bonds. The van der Waals surface area contributed by atoms with Gasteiger partial charge in [-0.1, -0.05) is 0 Å². The van der Waals surface area contributed by atoms with Crippen molar-refractivity contribution in [2.45, 2.75) is 12.3 Å². The first-order valence-corrected chi connectivity index (χ1v) is 6.29. The van der Waals surface area contributed by atoms with Gasteiger partial charge in [0, 0.05) is 0 Å². The second kappa shape index (κ2) is 5.19. The standard InChI is InChI=1S/C15H13OP/c1-15(12-17-16,13-8-4-2-5-9-13)14-10-6-3-7-11-14/h2-11H,1H3. The minimum absolute atomic E-state index is 0.0708. The van der Waals surface area contributed by atoms with Gasteiger partial charge in [0.2, 0.25) is 0 Å². The van der Waals surface area contributed by atoms with E-state index in [0.29, 0.717) is 0 Å². The average Bonchev–Trinajstić information content (AvgIpc) is 2.41. The molecule has 0 saturated carbocycles. The van der Waals surface area contributed by atoms with Crippen LogP contribution in [-0.2, 0) is 9.98 Å². The van der Waals surface area contributed by atoms with Crippen LogP contribution in [0.25, 0.3) is 0 Å². The van der Waals surface area contributed by atoms with Crippen molar-refractivity contribution < 1.29 is 4.57 Å². The topological polar surface area (TPSA) is 17.1 Å². The Hall–Kier alpha value is -1.55. The predicted octanol–water partition coefficient (Wildman–Crippen LogP) is 4.24. The van der Waals surface area contributed by atoms with Crippen LogP contribution >= 0.6 is 7.92 Å². The molecular weight excluding hydrogens is 227 g/mol. The van der Waals surface area contributed by atoms with Gasteiger partial charge >= 0.3 is 102 Å². The summed E-state index contributed by atoms with van der Waals surface area (Å²) in [6.45, 7) is 2.03. The maximum atomic E-state index is 11.0. The van der Waals surface area contributed by atoms with Gasteiger partial charge < -0.3 is 0 Å². The van der Waals surface area contributed by atoms with E-state index >= 15 is 0 Å². The van der Waals surface area contributed by atoms with E-state index < -0.39 is 5.41 Å². The van der Waals surface area contributed by atoms with Gasteiger partial charge in [0.15, 0.2) is 0 Å². The van der Waals surface area contributed by atoms with Crippen LogP contribution in [0.5, 0.6) is 0 Å².